The largest absolute Gasteiger partial charge is 0.301 e. The zero-order valence-corrected chi connectivity index (χ0v) is 7.41. The summed E-state index contributed by atoms with van der Waals surface area (Å²) in [5.74, 6) is 0. The number of hydrogen-bond acceptors (Lipinski definition) is 1. The topological polar surface area (TPSA) is 17.3 Å². The maximum Gasteiger partial charge on any atom is 0.137 e. The molecule has 0 aliphatic carbocycles. The van der Waals surface area contributed by atoms with E-state index in [0.29, 0.717) is 0 Å². The van der Waals surface area contributed by atoms with Crippen LogP contribution in [0.2, 0.25) is 0 Å². The number of hydrogen-bond donors (Lipinski definition) is 0. The number of nitrogens with zero attached hydrogens (tertiary/aromatic N) is 2. The van der Waals surface area contributed by atoms with Crippen molar-refractivity contribution in [3.63, 3.8) is 0 Å². The van der Waals surface area contributed by atoms with Crippen LogP contribution in [-0.4, -0.2) is 9.38 Å². The minimum absolute atomic E-state index is 1.03. The molecule has 0 N–H and O–H groups in total. The summed E-state index contributed by atoms with van der Waals surface area (Å²) in [6, 6.07) is 6.18. The number of rotatable bonds is 1. The Morgan fingerprint density at radius 1 is 1.42 bits per heavy atom. The SMILES string of the molecule is CCc1cnc2cccc(C)n12. The average Bonchev–Trinajstić information content (AvgIpc) is 2.49. The minimum Gasteiger partial charge on any atom is -0.301 e. The monoisotopic (exact) mass is 160 g/mol. The molecule has 2 heterocycles. The van der Waals surface area contributed by atoms with Gasteiger partial charge in [0.2, 0.25) is 0 Å². The number of aryl methyl sites for hydroxylation is 2. The molecule has 0 radical (unpaired) electrons. The highest BCUT2D eigenvalue weighted by atomic mass is 15.0. The van der Waals surface area contributed by atoms with Crippen molar-refractivity contribution in [2.45, 2.75) is 20.3 Å². The first-order valence-corrected chi connectivity index (χ1v) is 4.25. The molecule has 0 fully saturated rings. The Kier molecular flexibility index (Phi) is 1.61. The Hall–Kier alpha value is -1.31. The van der Waals surface area contributed by atoms with E-state index < -0.39 is 0 Å². The second-order valence-electron chi connectivity index (χ2n) is 2.96. The molecule has 0 amide bonds. The number of aromatic nitrogens is 2. The van der Waals surface area contributed by atoms with Gasteiger partial charge in [0.1, 0.15) is 5.65 Å². The maximum absolute atomic E-state index is 4.31. The van der Waals surface area contributed by atoms with E-state index in [-0.39, 0.29) is 0 Å². The summed E-state index contributed by atoms with van der Waals surface area (Å²) < 4.78 is 2.19. The van der Waals surface area contributed by atoms with E-state index in [0.717, 1.165) is 12.1 Å². The summed E-state index contributed by atoms with van der Waals surface area (Å²) >= 11 is 0. The van der Waals surface area contributed by atoms with Crippen LogP contribution < -0.4 is 0 Å². The maximum atomic E-state index is 4.31. The van der Waals surface area contributed by atoms with Crippen molar-refractivity contribution in [3.8, 4) is 0 Å². The van der Waals surface area contributed by atoms with Gasteiger partial charge < -0.3 is 4.40 Å². The van der Waals surface area contributed by atoms with Crippen LogP contribution in [0.25, 0.3) is 5.65 Å². The fourth-order valence-corrected chi connectivity index (χ4v) is 1.53. The Morgan fingerprint density at radius 2 is 2.25 bits per heavy atom. The van der Waals surface area contributed by atoms with Crippen LogP contribution in [0.1, 0.15) is 18.3 Å². The van der Waals surface area contributed by atoms with E-state index in [1.54, 1.807) is 0 Å². The van der Waals surface area contributed by atoms with E-state index in [2.05, 4.69) is 29.3 Å². The summed E-state index contributed by atoms with van der Waals surface area (Å²) in [6.45, 7) is 4.25. The molecule has 0 saturated heterocycles. The molecule has 2 rings (SSSR count). The standard InChI is InChI=1S/C10H12N2/c1-3-9-7-11-10-6-4-5-8(2)12(9)10/h4-7H,3H2,1-2H3. The van der Waals surface area contributed by atoms with Gasteiger partial charge in [0.05, 0.1) is 0 Å². The van der Waals surface area contributed by atoms with Gasteiger partial charge in [0, 0.05) is 17.6 Å². The molecular weight excluding hydrogens is 148 g/mol. The highest BCUT2D eigenvalue weighted by Crippen LogP contribution is 2.09. The molecule has 0 saturated carbocycles. The van der Waals surface area contributed by atoms with Crippen molar-refractivity contribution in [1.82, 2.24) is 9.38 Å². The lowest BCUT2D eigenvalue weighted by atomic mass is 10.3. The molecule has 0 bridgehead atoms. The van der Waals surface area contributed by atoms with Crippen molar-refractivity contribution in [3.05, 3.63) is 35.8 Å². The Labute approximate surface area is 71.9 Å². The third kappa shape index (κ3) is 0.916. The predicted octanol–water partition coefficient (Wildman–Crippen LogP) is 2.21. The fraction of sp³-hybridized carbons (Fsp3) is 0.300. The van der Waals surface area contributed by atoms with Crippen molar-refractivity contribution >= 4 is 5.65 Å². The summed E-state index contributed by atoms with van der Waals surface area (Å²) in [5.41, 5.74) is 3.58. The van der Waals surface area contributed by atoms with Gasteiger partial charge in [-0.2, -0.15) is 0 Å². The number of fused-ring (bicyclic) bond motifs is 1. The van der Waals surface area contributed by atoms with Crippen LogP contribution in [0.4, 0.5) is 0 Å². The summed E-state index contributed by atoms with van der Waals surface area (Å²) in [4.78, 5) is 4.31. The van der Waals surface area contributed by atoms with Gasteiger partial charge in [0.25, 0.3) is 0 Å². The molecule has 12 heavy (non-hydrogen) atoms. The van der Waals surface area contributed by atoms with Gasteiger partial charge in [-0.15, -0.1) is 0 Å². The molecule has 0 atom stereocenters. The van der Waals surface area contributed by atoms with E-state index in [1.165, 1.54) is 11.4 Å². The molecule has 62 valence electrons. The van der Waals surface area contributed by atoms with Crippen molar-refractivity contribution in [1.29, 1.82) is 0 Å². The molecule has 2 aromatic heterocycles. The number of imidazole rings is 1. The molecule has 0 unspecified atom stereocenters. The molecule has 0 aliphatic rings. The van der Waals surface area contributed by atoms with Crippen LogP contribution in [0.15, 0.2) is 24.4 Å². The molecule has 2 aromatic rings. The van der Waals surface area contributed by atoms with Crippen LogP contribution in [0.5, 0.6) is 0 Å². The van der Waals surface area contributed by atoms with Gasteiger partial charge in [-0.25, -0.2) is 4.98 Å². The van der Waals surface area contributed by atoms with Crippen LogP contribution in [-0.2, 0) is 6.42 Å². The Bertz CT molecular complexity index is 401. The first-order valence-electron chi connectivity index (χ1n) is 4.25. The zero-order valence-electron chi connectivity index (χ0n) is 7.41. The Balaban J connectivity index is 2.83. The van der Waals surface area contributed by atoms with E-state index in [1.807, 2.05) is 18.3 Å². The van der Waals surface area contributed by atoms with E-state index in [4.69, 9.17) is 0 Å². The molecule has 0 aliphatic heterocycles. The quantitative estimate of drug-likeness (QED) is 0.625. The van der Waals surface area contributed by atoms with Crippen molar-refractivity contribution < 1.29 is 0 Å². The normalized spacial score (nSPS) is 10.8. The average molecular weight is 160 g/mol. The summed E-state index contributed by atoms with van der Waals surface area (Å²) in [6.07, 6.45) is 2.98. The van der Waals surface area contributed by atoms with Crippen LogP contribution in [0, 0.1) is 6.92 Å². The summed E-state index contributed by atoms with van der Waals surface area (Å²) in [7, 11) is 0. The van der Waals surface area contributed by atoms with Gasteiger partial charge in [-0.05, 0) is 25.5 Å². The van der Waals surface area contributed by atoms with E-state index >= 15 is 0 Å². The third-order valence-corrected chi connectivity index (χ3v) is 2.16. The van der Waals surface area contributed by atoms with Gasteiger partial charge >= 0.3 is 0 Å². The zero-order chi connectivity index (χ0) is 8.55. The molecular formula is C10H12N2. The highest BCUT2D eigenvalue weighted by molar-refractivity contribution is 5.42. The fourth-order valence-electron chi connectivity index (χ4n) is 1.53. The van der Waals surface area contributed by atoms with E-state index in [9.17, 15) is 0 Å². The smallest absolute Gasteiger partial charge is 0.137 e. The molecule has 0 aromatic carbocycles. The van der Waals surface area contributed by atoms with Gasteiger partial charge in [-0.3, -0.25) is 0 Å². The third-order valence-electron chi connectivity index (χ3n) is 2.16. The Morgan fingerprint density at radius 3 is 3.00 bits per heavy atom. The second-order valence-corrected chi connectivity index (χ2v) is 2.96. The lowest BCUT2D eigenvalue weighted by Crippen LogP contribution is -1.94. The minimum atomic E-state index is 1.03. The van der Waals surface area contributed by atoms with Crippen molar-refractivity contribution in [2.24, 2.45) is 0 Å². The summed E-state index contributed by atoms with van der Waals surface area (Å²) in [5, 5.41) is 0. The van der Waals surface area contributed by atoms with Crippen LogP contribution >= 0.6 is 0 Å². The lowest BCUT2D eigenvalue weighted by Gasteiger charge is -2.01. The van der Waals surface area contributed by atoms with Crippen LogP contribution in [0.3, 0.4) is 0 Å². The van der Waals surface area contributed by atoms with Gasteiger partial charge in [-0.1, -0.05) is 13.0 Å². The lowest BCUT2D eigenvalue weighted by molar-refractivity contribution is 0.960. The highest BCUT2D eigenvalue weighted by Gasteiger charge is 2.01. The first-order chi connectivity index (χ1) is 5.83. The second kappa shape index (κ2) is 2.63. The predicted molar refractivity (Wildman–Crippen MR) is 49.3 cm³/mol. The number of pyridine rings is 1. The molecule has 2 nitrogen and oxygen atoms in total. The van der Waals surface area contributed by atoms with Gasteiger partial charge in [0.15, 0.2) is 0 Å². The molecule has 0 spiro atoms. The first kappa shape index (κ1) is 7.35. The van der Waals surface area contributed by atoms with Crippen molar-refractivity contribution in [2.75, 3.05) is 0 Å². The molecule has 2 heteroatoms.